The molecule has 0 amide bonds. The number of benzene rings is 4. The van der Waals surface area contributed by atoms with Crippen molar-refractivity contribution in [2.24, 2.45) is 0 Å². The summed E-state index contributed by atoms with van der Waals surface area (Å²) < 4.78 is 0. The van der Waals surface area contributed by atoms with Gasteiger partial charge in [0, 0.05) is 22.3 Å². The Hall–Kier alpha value is -5.09. The van der Waals surface area contributed by atoms with Gasteiger partial charge in [0.2, 0.25) is 0 Å². The highest BCUT2D eigenvalue weighted by atomic mass is 16.3. The molecule has 0 spiro atoms. The summed E-state index contributed by atoms with van der Waals surface area (Å²) in [5.41, 5.74) is 4.51. The van der Waals surface area contributed by atoms with Gasteiger partial charge in [-0.25, -0.2) is 0 Å². The molecular weight excluding hydrogens is 484 g/mol. The van der Waals surface area contributed by atoms with Crippen molar-refractivity contribution in [3.63, 3.8) is 0 Å². The number of hydrogen-bond donors (Lipinski definition) is 1. The third-order valence-electron chi connectivity index (χ3n) is 7.21. The second-order valence-electron chi connectivity index (χ2n) is 9.96. The maximum Gasteiger partial charge on any atom is 0.197 e. The predicted octanol–water partition coefficient (Wildman–Crippen LogP) is 7.75. The van der Waals surface area contributed by atoms with Crippen LogP contribution in [0, 0.1) is 13.8 Å². The Morgan fingerprint density at radius 3 is 1.64 bits per heavy atom. The van der Waals surface area contributed by atoms with E-state index in [-0.39, 0.29) is 34.3 Å². The van der Waals surface area contributed by atoms with Gasteiger partial charge in [0.15, 0.2) is 17.3 Å². The second kappa shape index (κ2) is 9.34. The van der Waals surface area contributed by atoms with Crippen molar-refractivity contribution in [2.75, 3.05) is 0 Å². The molecule has 0 heterocycles. The molecule has 4 heteroatoms. The Labute approximate surface area is 225 Å². The summed E-state index contributed by atoms with van der Waals surface area (Å²) in [7, 11) is 0. The number of hydrogen-bond acceptors (Lipinski definition) is 4. The molecule has 39 heavy (non-hydrogen) atoms. The zero-order valence-corrected chi connectivity index (χ0v) is 21.5. The SMILES string of the molecule is Cc1ccc2cc3c(cc2c1)C(=O)\C(=C/C=C/C=C/C=C/C1=C(O)c2cc4cc(C)ccc4cc2C1=O)C3=O. The number of Topliss-reactive ketones (excluding diaryl/α,β-unsaturated/α-hetero) is 3. The lowest BCUT2D eigenvalue weighted by Gasteiger charge is -2.04. The minimum atomic E-state index is -0.268. The van der Waals surface area contributed by atoms with E-state index in [2.05, 4.69) is 0 Å². The number of aliphatic hydroxyl groups is 1. The van der Waals surface area contributed by atoms with Crippen molar-refractivity contribution in [2.45, 2.75) is 13.8 Å². The average Bonchev–Trinajstić information content (AvgIpc) is 3.29. The largest absolute Gasteiger partial charge is 0.507 e. The van der Waals surface area contributed by atoms with Crippen LogP contribution in [0.5, 0.6) is 0 Å². The first-order valence-corrected chi connectivity index (χ1v) is 12.7. The monoisotopic (exact) mass is 508 g/mol. The zero-order chi connectivity index (χ0) is 27.3. The molecule has 0 saturated carbocycles. The molecule has 0 unspecified atom stereocenters. The summed E-state index contributed by atoms with van der Waals surface area (Å²) in [4.78, 5) is 38.7. The minimum absolute atomic E-state index is 0.0241. The van der Waals surface area contributed by atoms with Gasteiger partial charge in [0.05, 0.1) is 11.1 Å². The average molecular weight is 509 g/mol. The Kier molecular flexibility index (Phi) is 5.81. The van der Waals surface area contributed by atoms with Crippen LogP contribution in [-0.2, 0) is 0 Å². The molecule has 2 aliphatic carbocycles. The summed E-state index contributed by atoms with van der Waals surface area (Å²) in [6.45, 7) is 3.99. The fraction of sp³-hybridized carbons (Fsp3) is 0.0571. The molecule has 4 nitrogen and oxygen atoms in total. The van der Waals surface area contributed by atoms with E-state index in [4.69, 9.17) is 0 Å². The van der Waals surface area contributed by atoms with E-state index in [1.807, 2.05) is 62.4 Å². The van der Waals surface area contributed by atoms with Gasteiger partial charge in [-0.05, 0) is 71.8 Å². The van der Waals surface area contributed by atoms with E-state index in [0.717, 1.165) is 32.7 Å². The van der Waals surface area contributed by atoms with Crippen molar-refractivity contribution in [1.82, 2.24) is 0 Å². The maximum atomic E-state index is 12.9. The standard InChI is InChI=1S/C35H24O4/c1-20-10-12-22-16-28-30(18-24(22)14-20)34(38)26(32(28)36)8-6-4-3-5-7-9-27-33(37)29-17-23-13-11-21(2)15-25(23)19-31(29)35(27)39/h3-19,38H,1-2H3/b4-3+,7-5+,8-6+,27-9-. The van der Waals surface area contributed by atoms with Crippen molar-refractivity contribution in [3.8, 4) is 0 Å². The van der Waals surface area contributed by atoms with Crippen LogP contribution in [0.15, 0.2) is 114 Å². The van der Waals surface area contributed by atoms with Crippen LogP contribution in [0.1, 0.15) is 47.8 Å². The Balaban J connectivity index is 1.17. The van der Waals surface area contributed by atoms with Crippen LogP contribution in [0.25, 0.3) is 27.3 Å². The highest BCUT2D eigenvalue weighted by molar-refractivity contribution is 6.40. The molecule has 0 aromatic heterocycles. The van der Waals surface area contributed by atoms with Crippen molar-refractivity contribution in [1.29, 1.82) is 0 Å². The van der Waals surface area contributed by atoms with Crippen LogP contribution in [0.4, 0.5) is 0 Å². The number of ketones is 3. The molecule has 4 aromatic rings. The smallest absolute Gasteiger partial charge is 0.197 e. The van der Waals surface area contributed by atoms with Gasteiger partial charge in [0.1, 0.15) is 5.76 Å². The summed E-state index contributed by atoms with van der Waals surface area (Å²) in [6.07, 6.45) is 11.6. The van der Waals surface area contributed by atoms with Gasteiger partial charge in [-0.3, -0.25) is 14.4 Å². The number of rotatable bonds is 4. The number of carbonyl (C=O) groups is 3. The van der Waals surface area contributed by atoms with Gasteiger partial charge < -0.3 is 5.11 Å². The molecule has 0 fully saturated rings. The van der Waals surface area contributed by atoms with Gasteiger partial charge >= 0.3 is 0 Å². The Morgan fingerprint density at radius 2 is 1.03 bits per heavy atom. The molecule has 0 aliphatic heterocycles. The summed E-state index contributed by atoms with van der Waals surface area (Å²) in [5.74, 6) is -0.772. The molecule has 0 bridgehead atoms. The highest BCUT2D eigenvalue weighted by Gasteiger charge is 2.33. The molecular formula is C35H24O4. The number of carbonyl (C=O) groups excluding carboxylic acids is 3. The Morgan fingerprint density at radius 1 is 0.538 bits per heavy atom. The van der Waals surface area contributed by atoms with E-state index in [1.54, 1.807) is 48.6 Å². The van der Waals surface area contributed by atoms with Crippen molar-refractivity contribution >= 4 is 44.7 Å². The first kappa shape index (κ1) is 24.3. The molecule has 0 saturated heterocycles. The fourth-order valence-electron chi connectivity index (χ4n) is 5.19. The van der Waals surface area contributed by atoms with Crippen LogP contribution in [-0.4, -0.2) is 22.5 Å². The topological polar surface area (TPSA) is 71.4 Å². The van der Waals surface area contributed by atoms with Crippen LogP contribution >= 0.6 is 0 Å². The van der Waals surface area contributed by atoms with Gasteiger partial charge in [-0.1, -0.05) is 77.9 Å². The summed E-state index contributed by atoms with van der Waals surface area (Å²) in [5, 5.41) is 14.5. The van der Waals surface area contributed by atoms with E-state index in [9.17, 15) is 19.5 Å². The van der Waals surface area contributed by atoms with E-state index in [1.165, 1.54) is 6.08 Å². The van der Waals surface area contributed by atoms with Gasteiger partial charge in [0.25, 0.3) is 0 Å². The normalized spacial score (nSPS) is 16.4. The van der Waals surface area contributed by atoms with E-state index >= 15 is 0 Å². The third kappa shape index (κ3) is 4.16. The van der Waals surface area contributed by atoms with Crippen LogP contribution < -0.4 is 0 Å². The first-order valence-electron chi connectivity index (χ1n) is 12.7. The summed E-state index contributed by atoms with van der Waals surface area (Å²) in [6, 6.07) is 19.2. The van der Waals surface area contributed by atoms with Gasteiger partial charge in [-0.15, -0.1) is 0 Å². The first-order chi connectivity index (χ1) is 18.8. The molecule has 188 valence electrons. The molecule has 4 aromatic carbocycles. The number of allylic oxidation sites excluding steroid dienone is 9. The fourth-order valence-corrected chi connectivity index (χ4v) is 5.19. The van der Waals surface area contributed by atoms with Crippen molar-refractivity contribution in [3.05, 3.63) is 148 Å². The molecule has 2 aliphatic rings. The predicted molar refractivity (Wildman–Crippen MR) is 155 cm³/mol. The highest BCUT2D eigenvalue weighted by Crippen LogP contribution is 2.35. The van der Waals surface area contributed by atoms with Crippen LogP contribution in [0.2, 0.25) is 0 Å². The molecule has 0 radical (unpaired) electrons. The lowest BCUT2D eigenvalue weighted by molar-refractivity contribution is 0.0986. The minimum Gasteiger partial charge on any atom is -0.507 e. The number of aliphatic hydroxyl groups excluding tert-OH is 1. The molecule has 0 atom stereocenters. The number of aryl methyl sites for hydroxylation is 2. The second-order valence-corrected chi connectivity index (χ2v) is 9.96. The van der Waals surface area contributed by atoms with Crippen LogP contribution in [0.3, 0.4) is 0 Å². The maximum absolute atomic E-state index is 12.9. The lowest BCUT2D eigenvalue weighted by Crippen LogP contribution is -1.99. The zero-order valence-electron chi connectivity index (χ0n) is 21.5. The summed E-state index contributed by atoms with van der Waals surface area (Å²) >= 11 is 0. The third-order valence-corrected chi connectivity index (χ3v) is 7.21. The molecule has 1 N–H and O–H groups in total. The van der Waals surface area contributed by atoms with Gasteiger partial charge in [-0.2, -0.15) is 0 Å². The lowest BCUT2D eigenvalue weighted by atomic mass is 10.00. The van der Waals surface area contributed by atoms with E-state index in [0.29, 0.717) is 22.3 Å². The van der Waals surface area contributed by atoms with E-state index < -0.39 is 0 Å². The number of fused-ring (bicyclic) bond motifs is 4. The molecule has 6 rings (SSSR count). The quantitative estimate of drug-likeness (QED) is 0.174. The Bertz CT molecular complexity index is 1930. The van der Waals surface area contributed by atoms with Crippen molar-refractivity contribution < 1.29 is 19.5 Å².